The molecule has 5 heteroatoms. The highest BCUT2D eigenvalue weighted by molar-refractivity contribution is 5.21. The average Bonchev–Trinajstić information content (AvgIpc) is 2.64. The van der Waals surface area contributed by atoms with Gasteiger partial charge in [0, 0.05) is 44.7 Å². The summed E-state index contributed by atoms with van der Waals surface area (Å²) in [6.07, 6.45) is 3.87. The Morgan fingerprint density at radius 3 is 2.91 bits per heavy atom. The molecule has 0 saturated carbocycles. The van der Waals surface area contributed by atoms with Crippen LogP contribution in [0.2, 0.25) is 0 Å². The number of nitrogens with one attached hydrogen (secondary N) is 1. The Labute approximate surface area is 133 Å². The van der Waals surface area contributed by atoms with Crippen molar-refractivity contribution in [3.63, 3.8) is 0 Å². The predicted molar refractivity (Wildman–Crippen MR) is 87.9 cm³/mol. The maximum absolute atomic E-state index is 10.9. The Kier molecular flexibility index (Phi) is 4.57. The molecule has 0 amide bonds. The van der Waals surface area contributed by atoms with Gasteiger partial charge in [-0.3, -0.25) is 4.90 Å². The van der Waals surface area contributed by atoms with Gasteiger partial charge in [0.2, 0.25) is 0 Å². The summed E-state index contributed by atoms with van der Waals surface area (Å²) in [5.41, 5.74) is 2.07. The van der Waals surface area contributed by atoms with Crippen molar-refractivity contribution >= 4 is 0 Å². The number of β-amino-alcohol motifs (C(OH)–C–C–N with tert-alkyl or cyclic N) is 1. The second kappa shape index (κ2) is 6.30. The van der Waals surface area contributed by atoms with E-state index in [1.165, 1.54) is 17.2 Å². The van der Waals surface area contributed by atoms with E-state index in [0.29, 0.717) is 5.92 Å². The minimum Gasteiger partial charge on any atom is -0.389 e. The van der Waals surface area contributed by atoms with Crippen LogP contribution in [-0.4, -0.2) is 51.3 Å². The van der Waals surface area contributed by atoms with E-state index in [0.717, 1.165) is 58.4 Å². The summed E-state index contributed by atoms with van der Waals surface area (Å²) in [4.78, 5) is 7.26. The Balaban J connectivity index is 1.70. The van der Waals surface area contributed by atoms with Gasteiger partial charge in [-0.15, -0.1) is 0 Å². The molecular weight excluding hydrogens is 276 g/mol. The SMILES string of the molecule is CC(C)c1nc2c(n1C)CCN(CC1(O)CCCNCC1)C2. The molecule has 0 aromatic carbocycles. The number of hydrogen-bond donors (Lipinski definition) is 2. The second-order valence-corrected chi connectivity index (χ2v) is 7.37. The molecule has 1 saturated heterocycles. The molecule has 3 heterocycles. The molecule has 0 spiro atoms. The fourth-order valence-corrected chi connectivity index (χ4v) is 3.94. The molecule has 1 aromatic rings. The van der Waals surface area contributed by atoms with Crippen LogP contribution in [0.1, 0.15) is 56.2 Å². The summed E-state index contributed by atoms with van der Waals surface area (Å²) >= 11 is 0. The van der Waals surface area contributed by atoms with Gasteiger partial charge in [0.1, 0.15) is 5.82 Å². The average molecular weight is 306 g/mol. The topological polar surface area (TPSA) is 53.3 Å². The molecule has 2 aliphatic heterocycles. The molecule has 22 heavy (non-hydrogen) atoms. The second-order valence-electron chi connectivity index (χ2n) is 7.37. The zero-order valence-corrected chi connectivity index (χ0v) is 14.2. The van der Waals surface area contributed by atoms with Gasteiger partial charge in [0.15, 0.2) is 0 Å². The van der Waals surface area contributed by atoms with E-state index in [4.69, 9.17) is 4.98 Å². The fourth-order valence-electron chi connectivity index (χ4n) is 3.94. The first-order valence-electron chi connectivity index (χ1n) is 8.68. The van der Waals surface area contributed by atoms with Crippen molar-refractivity contribution in [1.82, 2.24) is 19.8 Å². The van der Waals surface area contributed by atoms with Crippen LogP contribution in [-0.2, 0) is 20.0 Å². The van der Waals surface area contributed by atoms with Crippen molar-refractivity contribution in [2.24, 2.45) is 7.05 Å². The fraction of sp³-hybridized carbons (Fsp3) is 0.824. The minimum absolute atomic E-state index is 0.459. The lowest BCUT2D eigenvalue weighted by Gasteiger charge is -2.35. The van der Waals surface area contributed by atoms with Crippen LogP contribution in [0.3, 0.4) is 0 Å². The van der Waals surface area contributed by atoms with Crippen LogP contribution in [0.4, 0.5) is 0 Å². The highest BCUT2D eigenvalue weighted by atomic mass is 16.3. The van der Waals surface area contributed by atoms with Gasteiger partial charge in [0.05, 0.1) is 11.3 Å². The Bertz CT molecular complexity index is 515. The smallest absolute Gasteiger partial charge is 0.111 e. The number of imidazole rings is 1. The number of hydrogen-bond acceptors (Lipinski definition) is 4. The van der Waals surface area contributed by atoms with Crippen LogP contribution in [0, 0.1) is 0 Å². The zero-order valence-electron chi connectivity index (χ0n) is 14.2. The number of nitrogens with zero attached hydrogens (tertiary/aromatic N) is 3. The molecular formula is C17H30N4O. The zero-order chi connectivity index (χ0) is 15.7. The lowest BCUT2D eigenvalue weighted by Crippen LogP contribution is -2.45. The summed E-state index contributed by atoms with van der Waals surface area (Å²) < 4.78 is 2.28. The minimum atomic E-state index is -0.531. The summed E-state index contributed by atoms with van der Waals surface area (Å²) in [6.45, 7) is 9.05. The third-order valence-corrected chi connectivity index (χ3v) is 5.17. The maximum Gasteiger partial charge on any atom is 0.111 e. The predicted octanol–water partition coefficient (Wildman–Crippen LogP) is 1.41. The third kappa shape index (κ3) is 3.21. The van der Waals surface area contributed by atoms with Crippen LogP contribution >= 0.6 is 0 Å². The molecule has 2 N–H and O–H groups in total. The number of fused-ring (bicyclic) bond motifs is 1. The maximum atomic E-state index is 10.9. The molecule has 1 aromatic heterocycles. The quantitative estimate of drug-likeness (QED) is 0.886. The van der Waals surface area contributed by atoms with Crippen LogP contribution in [0.25, 0.3) is 0 Å². The first kappa shape index (κ1) is 16.0. The monoisotopic (exact) mass is 306 g/mol. The van der Waals surface area contributed by atoms with Crippen molar-refractivity contribution in [3.8, 4) is 0 Å². The lowest BCUT2D eigenvalue weighted by molar-refractivity contribution is -0.0106. The first-order chi connectivity index (χ1) is 10.5. The molecule has 3 rings (SSSR count). The molecule has 0 radical (unpaired) electrons. The third-order valence-electron chi connectivity index (χ3n) is 5.17. The van der Waals surface area contributed by atoms with Crippen LogP contribution in [0.5, 0.6) is 0 Å². The number of rotatable bonds is 3. The van der Waals surface area contributed by atoms with E-state index in [1.54, 1.807) is 0 Å². The molecule has 1 atom stereocenters. The van der Waals surface area contributed by atoms with Gasteiger partial charge in [-0.05, 0) is 32.4 Å². The van der Waals surface area contributed by atoms with E-state index in [1.807, 2.05) is 0 Å². The highest BCUT2D eigenvalue weighted by Gasteiger charge is 2.32. The van der Waals surface area contributed by atoms with Crippen molar-refractivity contribution in [2.45, 2.75) is 57.6 Å². The van der Waals surface area contributed by atoms with Gasteiger partial charge in [0.25, 0.3) is 0 Å². The molecule has 2 aliphatic rings. The van der Waals surface area contributed by atoms with Crippen LogP contribution in [0.15, 0.2) is 0 Å². The molecule has 1 fully saturated rings. The number of aromatic nitrogens is 2. The first-order valence-corrected chi connectivity index (χ1v) is 8.68. The summed E-state index contributed by atoms with van der Waals surface area (Å²) in [6, 6.07) is 0. The van der Waals surface area contributed by atoms with Crippen molar-refractivity contribution in [3.05, 3.63) is 17.2 Å². The Morgan fingerprint density at radius 2 is 2.14 bits per heavy atom. The van der Waals surface area contributed by atoms with Gasteiger partial charge >= 0.3 is 0 Å². The van der Waals surface area contributed by atoms with E-state index in [-0.39, 0.29) is 0 Å². The van der Waals surface area contributed by atoms with Crippen molar-refractivity contribution in [2.75, 3.05) is 26.2 Å². The molecule has 5 nitrogen and oxygen atoms in total. The highest BCUT2D eigenvalue weighted by Crippen LogP contribution is 2.26. The Hall–Kier alpha value is -0.910. The standard InChI is InChI=1S/C17H30N4O/c1-13(2)16-19-14-11-21(10-5-15(14)20(16)3)12-17(22)6-4-8-18-9-7-17/h13,18,22H,4-12H2,1-3H3. The molecule has 0 aliphatic carbocycles. The lowest BCUT2D eigenvalue weighted by atomic mass is 9.93. The molecule has 0 bridgehead atoms. The number of aliphatic hydroxyl groups is 1. The Morgan fingerprint density at radius 1 is 1.32 bits per heavy atom. The van der Waals surface area contributed by atoms with Crippen molar-refractivity contribution < 1.29 is 5.11 Å². The summed E-state index contributed by atoms with van der Waals surface area (Å²) in [5, 5.41) is 14.3. The summed E-state index contributed by atoms with van der Waals surface area (Å²) in [5.74, 6) is 1.64. The van der Waals surface area contributed by atoms with E-state index >= 15 is 0 Å². The molecule has 1 unspecified atom stereocenters. The largest absolute Gasteiger partial charge is 0.389 e. The van der Waals surface area contributed by atoms with Crippen molar-refractivity contribution in [1.29, 1.82) is 0 Å². The van der Waals surface area contributed by atoms with Gasteiger partial charge in [-0.1, -0.05) is 13.8 Å². The molecule has 124 valence electrons. The van der Waals surface area contributed by atoms with E-state index in [9.17, 15) is 5.11 Å². The normalized spacial score (nSPS) is 27.0. The summed E-state index contributed by atoms with van der Waals surface area (Å²) in [7, 11) is 2.14. The van der Waals surface area contributed by atoms with Crippen LogP contribution < -0.4 is 5.32 Å². The van der Waals surface area contributed by atoms with Gasteiger partial charge in [-0.25, -0.2) is 4.98 Å². The van der Waals surface area contributed by atoms with Gasteiger partial charge < -0.3 is 15.0 Å². The van der Waals surface area contributed by atoms with Gasteiger partial charge in [-0.2, -0.15) is 0 Å². The van der Waals surface area contributed by atoms with E-state index < -0.39 is 5.60 Å². The van der Waals surface area contributed by atoms with E-state index in [2.05, 4.69) is 35.7 Å².